The highest BCUT2D eigenvalue weighted by atomic mass is 19.1. The first-order chi connectivity index (χ1) is 9.61. The molecular weight excluding hydrogens is 264 g/mol. The molecule has 0 aliphatic rings. The standard InChI is InChI=1S/C13H13BFNO4/c1-19-13-9(3-2-6-16-13)8-20-10-4-5-11(14(17)18)12(15)7-10/h2-7,17-18H,8H2,1H3. The van der Waals surface area contributed by atoms with Crippen LogP contribution in [0.5, 0.6) is 11.6 Å². The van der Waals surface area contributed by atoms with Crippen molar-refractivity contribution in [1.82, 2.24) is 4.98 Å². The van der Waals surface area contributed by atoms with Crippen molar-refractivity contribution in [2.45, 2.75) is 6.61 Å². The Balaban J connectivity index is 2.09. The summed E-state index contributed by atoms with van der Waals surface area (Å²) in [7, 11) is -0.342. The molecule has 0 aliphatic carbocycles. The van der Waals surface area contributed by atoms with Crippen LogP contribution in [0, 0.1) is 5.82 Å². The molecule has 7 heteroatoms. The number of rotatable bonds is 5. The molecule has 0 fully saturated rings. The van der Waals surface area contributed by atoms with E-state index in [0.29, 0.717) is 5.88 Å². The van der Waals surface area contributed by atoms with Gasteiger partial charge in [0, 0.05) is 17.7 Å². The lowest BCUT2D eigenvalue weighted by Gasteiger charge is -2.10. The summed E-state index contributed by atoms with van der Waals surface area (Å²) in [4.78, 5) is 4.02. The summed E-state index contributed by atoms with van der Waals surface area (Å²) in [6.45, 7) is 0.164. The molecule has 1 aromatic heterocycles. The second kappa shape index (κ2) is 6.36. The summed E-state index contributed by atoms with van der Waals surface area (Å²) in [5.41, 5.74) is 0.526. The number of ether oxygens (including phenoxy) is 2. The van der Waals surface area contributed by atoms with Crippen molar-refractivity contribution >= 4 is 12.6 Å². The average Bonchev–Trinajstić information content (AvgIpc) is 2.45. The Morgan fingerprint density at radius 1 is 1.30 bits per heavy atom. The van der Waals surface area contributed by atoms with Gasteiger partial charge in [0.25, 0.3) is 0 Å². The summed E-state index contributed by atoms with van der Waals surface area (Å²) >= 11 is 0. The van der Waals surface area contributed by atoms with Gasteiger partial charge in [-0.2, -0.15) is 0 Å². The van der Waals surface area contributed by atoms with Gasteiger partial charge in [0.05, 0.1) is 12.7 Å². The molecular formula is C13H13BFNO4. The third kappa shape index (κ3) is 3.25. The smallest absolute Gasteiger partial charge is 0.489 e. The van der Waals surface area contributed by atoms with E-state index in [1.165, 1.54) is 19.2 Å². The molecule has 104 valence electrons. The molecule has 2 rings (SSSR count). The van der Waals surface area contributed by atoms with Gasteiger partial charge in [0.1, 0.15) is 18.2 Å². The van der Waals surface area contributed by atoms with E-state index in [1.807, 2.05) is 0 Å². The first kappa shape index (κ1) is 14.3. The van der Waals surface area contributed by atoms with E-state index in [2.05, 4.69) is 4.98 Å². The average molecular weight is 277 g/mol. The number of hydrogen-bond acceptors (Lipinski definition) is 5. The number of pyridine rings is 1. The van der Waals surface area contributed by atoms with E-state index >= 15 is 0 Å². The molecule has 0 unspecified atom stereocenters. The molecule has 2 aromatic rings. The van der Waals surface area contributed by atoms with Gasteiger partial charge in [-0.15, -0.1) is 0 Å². The second-order valence-electron chi connectivity index (χ2n) is 4.02. The lowest BCUT2D eigenvalue weighted by molar-refractivity contribution is 0.292. The third-order valence-corrected chi connectivity index (χ3v) is 2.69. The number of nitrogens with zero attached hydrogens (tertiary/aromatic N) is 1. The number of benzene rings is 1. The molecule has 20 heavy (non-hydrogen) atoms. The second-order valence-corrected chi connectivity index (χ2v) is 4.02. The molecule has 0 amide bonds. The largest absolute Gasteiger partial charge is 0.491 e. The Bertz CT molecular complexity index is 594. The maximum atomic E-state index is 13.5. The Labute approximate surface area is 115 Å². The fourth-order valence-electron chi connectivity index (χ4n) is 1.69. The fraction of sp³-hybridized carbons (Fsp3) is 0.154. The van der Waals surface area contributed by atoms with Crippen molar-refractivity contribution in [3.05, 3.63) is 47.9 Å². The molecule has 0 bridgehead atoms. The van der Waals surface area contributed by atoms with Gasteiger partial charge in [-0.05, 0) is 18.2 Å². The normalized spacial score (nSPS) is 10.2. The van der Waals surface area contributed by atoms with Gasteiger partial charge >= 0.3 is 7.12 Å². The minimum absolute atomic E-state index is 0.164. The molecule has 0 spiro atoms. The van der Waals surface area contributed by atoms with Gasteiger partial charge in [-0.25, -0.2) is 9.37 Å². The van der Waals surface area contributed by atoms with Crippen molar-refractivity contribution in [3.63, 3.8) is 0 Å². The fourth-order valence-corrected chi connectivity index (χ4v) is 1.69. The van der Waals surface area contributed by atoms with Crippen LogP contribution in [0.15, 0.2) is 36.5 Å². The summed E-state index contributed by atoms with van der Waals surface area (Å²) < 4.78 is 24.0. The van der Waals surface area contributed by atoms with Gasteiger partial charge < -0.3 is 19.5 Å². The number of aromatic nitrogens is 1. The minimum atomic E-state index is -1.84. The van der Waals surface area contributed by atoms with Crippen LogP contribution in [0.1, 0.15) is 5.56 Å². The molecule has 0 radical (unpaired) electrons. The van der Waals surface area contributed by atoms with Gasteiger partial charge in [0.2, 0.25) is 5.88 Å². The SMILES string of the molecule is COc1ncccc1COc1ccc(B(O)O)c(F)c1. The first-order valence-corrected chi connectivity index (χ1v) is 5.88. The maximum absolute atomic E-state index is 13.5. The zero-order chi connectivity index (χ0) is 14.5. The molecule has 2 N–H and O–H groups in total. The predicted octanol–water partition coefficient (Wildman–Crippen LogP) is 0.488. The maximum Gasteiger partial charge on any atom is 0.491 e. The van der Waals surface area contributed by atoms with E-state index in [0.717, 1.165) is 11.6 Å². The lowest BCUT2D eigenvalue weighted by Crippen LogP contribution is -2.32. The van der Waals surface area contributed by atoms with Crippen LogP contribution in [0.3, 0.4) is 0 Å². The monoisotopic (exact) mass is 277 g/mol. The van der Waals surface area contributed by atoms with Crippen molar-refractivity contribution < 1.29 is 23.9 Å². The highest BCUT2D eigenvalue weighted by molar-refractivity contribution is 6.58. The van der Waals surface area contributed by atoms with Crippen molar-refractivity contribution in [3.8, 4) is 11.6 Å². The highest BCUT2D eigenvalue weighted by Crippen LogP contribution is 2.18. The zero-order valence-corrected chi connectivity index (χ0v) is 10.8. The minimum Gasteiger partial charge on any atom is -0.489 e. The predicted molar refractivity (Wildman–Crippen MR) is 71.3 cm³/mol. The molecule has 0 saturated carbocycles. The van der Waals surface area contributed by atoms with Crippen LogP contribution >= 0.6 is 0 Å². The third-order valence-electron chi connectivity index (χ3n) is 2.69. The van der Waals surface area contributed by atoms with Gasteiger partial charge in [-0.1, -0.05) is 6.07 Å². The Kier molecular flexibility index (Phi) is 4.55. The zero-order valence-electron chi connectivity index (χ0n) is 10.8. The van der Waals surface area contributed by atoms with Crippen LogP contribution in [-0.2, 0) is 6.61 Å². The summed E-state index contributed by atoms with van der Waals surface area (Å²) in [6.07, 6.45) is 1.60. The molecule has 0 saturated heterocycles. The number of methoxy groups -OCH3 is 1. The first-order valence-electron chi connectivity index (χ1n) is 5.88. The van der Waals surface area contributed by atoms with E-state index in [-0.39, 0.29) is 17.8 Å². The van der Waals surface area contributed by atoms with Crippen molar-refractivity contribution in [2.24, 2.45) is 0 Å². The number of hydrogen-bond donors (Lipinski definition) is 2. The topological polar surface area (TPSA) is 71.8 Å². The summed E-state index contributed by atoms with van der Waals surface area (Å²) in [5, 5.41) is 17.8. The van der Waals surface area contributed by atoms with Crippen molar-refractivity contribution in [1.29, 1.82) is 0 Å². The van der Waals surface area contributed by atoms with Gasteiger partial charge in [0.15, 0.2) is 0 Å². The van der Waals surface area contributed by atoms with E-state index in [1.54, 1.807) is 18.3 Å². The van der Waals surface area contributed by atoms with E-state index in [9.17, 15) is 4.39 Å². The van der Waals surface area contributed by atoms with E-state index in [4.69, 9.17) is 19.5 Å². The van der Waals surface area contributed by atoms with Crippen LogP contribution in [0.25, 0.3) is 0 Å². The van der Waals surface area contributed by atoms with Crippen LogP contribution < -0.4 is 14.9 Å². The molecule has 5 nitrogen and oxygen atoms in total. The summed E-state index contributed by atoms with van der Waals surface area (Å²) in [6, 6.07) is 7.34. The van der Waals surface area contributed by atoms with E-state index < -0.39 is 12.9 Å². The Morgan fingerprint density at radius 2 is 2.10 bits per heavy atom. The quantitative estimate of drug-likeness (QED) is 0.778. The van der Waals surface area contributed by atoms with Crippen molar-refractivity contribution in [2.75, 3.05) is 7.11 Å². The number of halogens is 1. The molecule has 1 aromatic carbocycles. The molecule has 1 heterocycles. The Morgan fingerprint density at radius 3 is 2.75 bits per heavy atom. The molecule has 0 atom stereocenters. The van der Waals surface area contributed by atoms with Crippen LogP contribution in [0.4, 0.5) is 4.39 Å². The van der Waals surface area contributed by atoms with Crippen LogP contribution in [0.2, 0.25) is 0 Å². The lowest BCUT2D eigenvalue weighted by atomic mass is 9.80. The van der Waals surface area contributed by atoms with Gasteiger partial charge in [-0.3, -0.25) is 0 Å². The Hall–Kier alpha value is -2.12. The van der Waals surface area contributed by atoms with Crippen LogP contribution in [-0.4, -0.2) is 29.3 Å². The molecule has 0 aliphatic heterocycles. The highest BCUT2D eigenvalue weighted by Gasteiger charge is 2.16. The summed E-state index contributed by atoms with van der Waals surface area (Å²) in [5.74, 6) is -0.0242.